The zero-order valence-electron chi connectivity index (χ0n) is 28.0. The van der Waals surface area contributed by atoms with E-state index in [0.717, 1.165) is 16.3 Å². The van der Waals surface area contributed by atoms with E-state index in [-0.39, 0.29) is 85.5 Å². The van der Waals surface area contributed by atoms with E-state index in [4.69, 9.17) is 19.3 Å². The second-order valence-electron chi connectivity index (χ2n) is 11.6. The van der Waals surface area contributed by atoms with Crippen molar-refractivity contribution >= 4 is 59.6 Å². The van der Waals surface area contributed by atoms with Gasteiger partial charge in [0.2, 0.25) is 0 Å². The number of rotatable bonds is 16. The van der Waals surface area contributed by atoms with Gasteiger partial charge in [0.1, 0.15) is 12.4 Å². The molecule has 17 heteroatoms. The molecule has 5 rings (SSSR count). The third kappa shape index (κ3) is 10.4. The molecule has 2 unspecified atom stereocenters. The van der Waals surface area contributed by atoms with Gasteiger partial charge in [-0.15, -0.1) is 0 Å². The number of hydrogen-bond acceptors (Lipinski definition) is 10. The summed E-state index contributed by atoms with van der Waals surface area (Å²) in [6.45, 7) is 0.410. The molecule has 0 spiro atoms. The van der Waals surface area contributed by atoms with Crippen molar-refractivity contribution in [3.63, 3.8) is 0 Å². The molecular formula is C33H35N3Na2O10P2. The van der Waals surface area contributed by atoms with Crippen molar-refractivity contribution in [2.45, 2.75) is 24.5 Å². The van der Waals surface area contributed by atoms with E-state index in [2.05, 4.69) is 65.1 Å². The summed E-state index contributed by atoms with van der Waals surface area (Å²) in [6.07, 6.45) is 0.968. The Morgan fingerprint density at radius 3 is 2.10 bits per heavy atom. The number of ether oxygens (including phenoxy) is 2. The van der Waals surface area contributed by atoms with Crippen molar-refractivity contribution in [1.29, 1.82) is 0 Å². The Bertz CT molecular complexity index is 1950. The molecule has 0 saturated carbocycles. The van der Waals surface area contributed by atoms with E-state index in [1.165, 1.54) is 32.7 Å². The van der Waals surface area contributed by atoms with Crippen LogP contribution in [0.2, 0.25) is 0 Å². The Balaban J connectivity index is 0.00000338. The van der Waals surface area contributed by atoms with Crippen molar-refractivity contribution in [3.8, 4) is 5.75 Å². The molecular weight excluding hydrogens is 706 g/mol. The Kier molecular flexibility index (Phi) is 15.7. The van der Waals surface area contributed by atoms with Crippen molar-refractivity contribution in [3.05, 3.63) is 90.0 Å². The van der Waals surface area contributed by atoms with Crippen LogP contribution < -0.4 is 79.1 Å². The maximum atomic E-state index is 12.3. The van der Waals surface area contributed by atoms with Crippen molar-refractivity contribution in [1.82, 2.24) is 10.3 Å². The van der Waals surface area contributed by atoms with Crippen LogP contribution in [0.15, 0.2) is 84.0 Å². The molecule has 0 saturated heterocycles. The van der Waals surface area contributed by atoms with Crippen LogP contribution in [-0.2, 0) is 25.3 Å². The first kappa shape index (κ1) is 42.7. The molecule has 0 aliphatic heterocycles. The fourth-order valence-corrected chi connectivity index (χ4v) is 7.52. The zero-order valence-corrected chi connectivity index (χ0v) is 33.8. The summed E-state index contributed by atoms with van der Waals surface area (Å²) >= 11 is 0. The largest absolute Gasteiger partial charge is 1.00 e. The van der Waals surface area contributed by atoms with Crippen molar-refractivity contribution in [2.24, 2.45) is 5.10 Å². The van der Waals surface area contributed by atoms with Gasteiger partial charge in [-0.3, -0.25) is 4.79 Å². The monoisotopic (exact) mass is 741 g/mol. The summed E-state index contributed by atoms with van der Waals surface area (Å²) < 4.78 is 34.1. The second-order valence-corrected chi connectivity index (χ2v) is 15.5. The Morgan fingerprint density at radius 2 is 1.48 bits per heavy atom. The molecule has 0 aliphatic carbocycles. The van der Waals surface area contributed by atoms with E-state index in [9.17, 15) is 28.8 Å². The first-order chi connectivity index (χ1) is 22.7. The average Bonchev–Trinajstić information content (AvgIpc) is 3.03. The van der Waals surface area contributed by atoms with Gasteiger partial charge in [-0.25, -0.2) is 5.43 Å². The van der Waals surface area contributed by atoms with Crippen LogP contribution in [0.5, 0.6) is 5.75 Å². The van der Waals surface area contributed by atoms with Crippen LogP contribution >= 0.6 is 15.2 Å². The van der Waals surface area contributed by atoms with Gasteiger partial charge in [-0.1, -0.05) is 54.6 Å². The molecule has 13 nitrogen and oxygen atoms in total. The van der Waals surface area contributed by atoms with Gasteiger partial charge >= 0.3 is 59.1 Å². The van der Waals surface area contributed by atoms with E-state index >= 15 is 0 Å². The first-order valence-electron chi connectivity index (χ1n) is 15.0. The quantitative estimate of drug-likeness (QED) is 0.0202. The van der Waals surface area contributed by atoms with Crippen LogP contribution in [0, 0.1) is 0 Å². The number of hydrogen-bond donors (Lipinski definition) is 4. The maximum absolute atomic E-state index is 12.3. The number of carbonyl (C=O) groups excluding carboxylic acids is 1. The summed E-state index contributed by atoms with van der Waals surface area (Å²) in [4.78, 5) is 54.8. The molecule has 254 valence electrons. The molecule has 0 bridgehead atoms. The van der Waals surface area contributed by atoms with Crippen LogP contribution in [0.3, 0.4) is 0 Å². The molecule has 0 aromatic heterocycles. The minimum atomic E-state index is -5.80. The van der Waals surface area contributed by atoms with Crippen LogP contribution in [-0.4, -0.2) is 70.3 Å². The van der Waals surface area contributed by atoms with Gasteiger partial charge in [0.15, 0.2) is 20.3 Å². The second kappa shape index (κ2) is 18.3. The SMILES string of the molecule is CN(CCCOc1cccc(/C=N/NC(=O)COCc2cc3ccc4cccc5ccc(c2)c3c45)c1)CCC(O)(P(=O)([O-])O)P(=O)([O-])O.[Na+].[Na+]. The number of benzene rings is 5. The van der Waals surface area contributed by atoms with Crippen LogP contribution in [0.25, 0.3) is 32.3 Å². The van der Waals surface area contributed by atoms with Gasteiger partial charge in [-0.05, 0) is 81.2 Å². The molecule has 5 aromatic carbocycles. The van der Waals surface area contributed by atoms with Gasteiger partial charge in [-0.2, -0.15) is 5.10 Å². The predicted octanol–water partition coefficient (Wildman–Crippen LogP) is -2.91. The number of aliphatic hydroxyl groups is 1. The van der Waals surface area contributed by atoms with E-state index in [0.29, 0.717) is 24.3 Å². The standard InChI is InChI=1S/C33H37N3O10P2.2Na/c1-36(15-13-33(38,47(39,40)41)48(42,43)44)14-4-16-46-29-8-2-5-23(19-29)20-34-35-30(37)22-45-21-24-17-27-11-9-25-6-3-7-26-10-12-28(18-24)32(27)31(25)26;;/h2-3,5-12,17-20,38H,4,13-16,21-22H2,1H3,(H,35,37)(H2,39,40,41)(H2,42,43,44);;/q;2*+1/p-2/b34-20+;;. The number of nitrogens with one attached hydrogen (secondary N) is 1. The third-order valence-electron chi connectivity index (χ3n) is 7.97. The Hall–Kier alpha value is -1.74. The summed E-state index contributed by atoms with van der Waals surface area (Å²) in [5.41, 5.74) is 4.07. The molecule has 5 aromatic rings. The fourth-order valence-electron chi connectivity index (χ4n) is 5.48. The minimum absolute atomic E-state index is 0. The Labute approximate surface area is 333 Å². The molecule has 50 heavy (non-hydrogen) atoms. The Morgan fingerprint density at radius 1 is 0.900 bits per heavy atom. The van der Waals surface area contributed by atoms with Crippen LogP contribution in [0.1, 0.15) is 24.0 Å². The number of carbonyl (C=O) groups is 1. The van der Waals surface area contributed by atoms with Gasteiger partial charge in [0, 0.05) is 19.5 Å². The molecule has 2 atom stereocenters. The van der Waals surface area contributed by atoms with Crippen molar-refractivity contribution in [2.75, 3.05) is 33.4 Å². The minimum Gasteiger partial charge on any atom is -0.776 e. The molecule has 0 radical (unpaired) electrons. The summed E-state index contributed by atoms with van der Waals surface area (Å²) in [6, 6.07) is 25.8. The third-order valence-corrected chi connectivity index (χ3v) is 11.7. The fraction of sp³-hybridized carbons (Fsp3) is 0.273. The van der Waals surface area contributed by atoms with E-state index < -0.39 is 32.6 Å². The van der Waals surface area contributed by atoms with Crippen LogP contribution in [0.4, 0.5) is 0 Å². The maximum Gasteiger partial charge on any atom is 1.00 e. The first-order valence-corrected chi connectivity index (χ1v) is 18.2. The number of hydrazone groups is 1. The summed E-state index contributed by atoms with van der Waals surface area (Å²) in [5.74, 6) is 0.118. The number of amides is 1. The average molecular weight is 742 g/mol. The van der Waals surface area contributed by atoms with Gasteiger partial charge in [0.05, 0.1) is 19.4 Å². The molecule has 0 heterocycles. The summed E-state index contributed by atoms with van der Waals surface area (Å²) in [5, 5.41) is 17.3. The van der Waals surface area contributed by atoms with E-state index in [1.54, 1.807) is 31.3 Å². The molecule has 0 fully saturated rings. The van der Waals surface area contributed by atoms with Gasteiger partial charge in [0.25, 0.3) is 5.91 Å². The molecule has 4 N–H and O–H groups in total. The van der Waals surface area contributed by atoms with E-state index in [1.807, 2.05) is 0 Å². The summed E-state index contributed by atoms with van der Waals surface area (Å²) in [7, 11) is -10.1. The zero-order chi connectivity index (χ0) is 34.5. The smallest absolute Gasteiger partial charge is 0.776 e. The van der Waals surface area contributed by atoms with Gasteiger partial charge < -0.3 is 48.2 Å². The topological polar surface area (TPSA) is 204 Å². The predicted molar refractivity (Wildman–Crippen MR) is 179 cm³/mol. The normalized spacial score (nSPS) is 15.3. The molecule has 1 amide bonds. The van der Waals surface area contributed by atoms with Crippen molar-refractivity contribution < 1.29 is 107 Å². The molecule has 0 aliphatic rings. The number of nitrogens with zero attached hydrogens (tertiary/aromatic N) is 2.